The van der Waals surface area contributed by atoms with Crippen LogP contribution in [-0.4, -0.2) is 89.2 Å². The SMILES string of the molecule is CN(C)/C1=C(\C=C/CN/C=C\C(=N)CCCC2(C(F)(F)F)CC2)C(=O)N[S+]([O-])C(=N)/C=C\NCCOC2CN1C(C)(C)C2. The molecule has 10 nitrogen and oxygen atoms in total. The molecular formula is C29H44F3N7O3S. The van der Waals surface area contributed by atoms with Crippen molar-refractivity contribution in [2.24, 2.45) is 5.41 Å². The van der Waals surface area contributed by atoms with E-state index in [2.05, 4.69) is 34.1 Å². The number of nitrogens with zero attached hydrogens (tertiary/aromatic N) is 2. The maximum absolute atomic E-state index is 13.5. The largest absolute Gasteiger partial charge is 0.587 e. The molecule has 1 aliphatic carbocycles. The lowest BCUT2D eigenvalue weighted by Crippen LogP contribution is -2.44. The molecule has 1 saturated carbocycles. The van der Waals surface area contributed by atoms with E-state index < -0.39 is 28.9 Å². The van der Waals surface area contributed by atoms with Crippen LogP contribution in [0.4, 0.5) is 13.2 Å². The minimum absolute atomic E-state index is 0.0480. The number of fused-ring (bicyclic) bond motifs is 2. The normalized spacial score (nSPS) is 26.9. The van der Waals surface area contributed by atoms with Gasteiger partial charge in [0, 0.05) is 57.3 Å². The number of alkyl halides is 3. The van der Waals surface area contributed by atoms with Gasteiger partial charge in [-0.2, -0.15) is 17.9 Å². The number of nitrogens with one attached hydrogen (secondary N) is 5. The predicted molar refractivity (Wildman–Crippen MR) is 163 cm³/mol. The first-order chi connectivity index (χ1) is 20.2. The first-order valence-corrected chi connectivity index (χ1v) is 15.5. The van der Waals surface area contributed by atoms with Gasteiger partial charge in [-0.15, -0.1) is 0 Å². The molecule has 240 valence electrons. The van der Waals surface area contributed by atoms with Crippen LogP contribution in [0, 0.1) is 16.2 Å². The van der Waals surface area contributed by atoms with Crippen molar-refractivity contribution in [1.29, 1.82) is 10.8 Å². The zero-order valence-corrected chi connectivity index (χ0v) is 26.1. The number of amides is 1. The summed E-state index contributed by atoms with van der Waals surface area (Å²) in [6.07, 6.45) is 6.74. The Morgan fingerprint density at radius 2 is 2.07 bits per heavy atom. The molecule has 2 fully saturated rings. The Morgan fingerprint density at radius 3 is 2.72 bits per heavy atom. The highest BCUT2D eigenvalue weighted by atomic mass is 32.2. The van der Waals surface area contributed by atoms with Crippen molar-refractivity contribution < 1.29 is 27.3 Å². The summed E-state index contributed by atoms with van der Waals surface area (Å²) in [4.78, 5) is 17.4. The maximum atomic E-state index is 13.5. The summed E-state index contributed by atoms with van der Waals surface area (Å²) in [7, 11) is 3.65. The van der Waals surface area contributed by atoms with E-state index in [-0.39, 0.29) is 53.7 Å². The fourth-order valence-corrected chi connectivity index (χ4v) is 5.88. The van der Waals surface area contributed by atoms with Crippen molar-refractivity contribution in [3.05, 3.63) is 48.1 Å². The molecule has 0 aromatic rings. The van der Waals surface area contributed by atoms with Gasteiger partial charge in [-0.3, -0.25) is 10.2 Å². The van der Waals surface area contributed by atoms with Crippen LogP contribution < -0.4 is 15.4 Å². The highest BCUT2D eigenvalue weighted by molar-refractivity contribution is 8.05. The molecule has 3 rings (SSSR count). The highest BCUT2D eigenvalue weighted by Crippen LogP contribution is 2.60. The number of hydrogen-bond donors (Lipinski definition) is 5. The number of ether oxygens (including phenoxy) is 1. The number of rotatable bonds is 10. The van der Waals surface area contributed by atoms with E-state index in [0.29, 0.717) is 38.5 Å². The van der Waals surface area contributed by atoms with Crippen LogP contribution in [0.1, 0.15) is 52.4 Å². The second-order valence-corrected chi connectivity index (χ2v) is 13.1. The van der Waals surface area contributed by atoms with Gasteiger partial charge in [0.15, 0.2) is 0 Å². The fraction of sp³-hybridized carbons (Fsp3) is 0.621. The van der Waals surface area contributed by atoms with Gasteiger partial charge < -0.3 is 35.1 Å². The van der Waals surface area contributed by atoms with Gasteiger partial charge in [0.1, 0.15) is 17.2 Å². The fourth-order valence-electron chi connectivity index (χ4n) is 5.30. The number of carbonyl (C=O) groups is 1. The summed E-state index contributed by atoms with van der Waals surface area (Å²) < 4.78 is 60.5. The third-order valence-corrected chi connectivity index (χ3v) is 8.73. The topological polar surface area (TPSA) is 140 Å². The van der Waals surface area contributed by atoms with Crippen LogP contribution >= 0.6 is 0 Å². The molecular weight excluding hydrogens is 583 g/mol. The molecule has 2 bridgehead atoms. The summed E-state index contributed by atoms with van der Waals surface area (Å²) in [5.41, 5.74) is -1.40. The van der Waals surface area contributed by atoms with E-state index in [9.17, 15) is 22.5 Å². The lowest BCUT2D eigenvalue weighted by atomic mass is 9.97. The Hall–Kier alpha value is -2.97. The molecule has 3 aliphatic rings. The van der Waals surface area contributed by atoms with Crippen molar-refractivity contribution >= 4 is 28.0 Å². The molecule has 5 N–H and O–H groups in total. The van der Waals surface area contributed by atoms with E-state index in [1.54, 1.807) is 18.4 Å². The van der Waals surface area contributed by atoms with Crippen LogP contribution in [0.2, 0.25) is 0 Å². The van der Waals surface area contributed by atoms with E-state index >= 15 is 0 Å². The third kappa shape index (κ3) is 9.51. The molecule has 2 unspecified atom stereocenters. The first-order valence-electron chi connectivity index (χ1n) is 14.4. The average Bonchev–Trinajstić information content (AvgIpc) is 3.65. The Kier molecular flexibility index (Phi) is 11.8. The minimum atomic E-state index is -4.17. The van der Waals surface area contributed by atoms with Gasteiger partial charge in [0.25, 0.3) is 11.0 Å². The van der Waals surface area contributed by atoms with Gasteiger partial charge in [-0.25, -0.2) is 0 Å². The summed E-state index contributed by atoms with van der Waals surface area (Å²) in [5, 5.41) is 21.8. The van der Waals surface area contributed by atoms with Crippen molar-refractivity contribution in [2.45, 2.75) is 70.2 Å². The van der Waals surface area contributed by atoms with Crippen LogP contribution in [0.3, 0.4) is 0 Å². The summed E-state index contributed by atoms with van der Waals surface area (Å²) >= 11 is -2.08. The molecule has 1 saturated heterocycles. The van der Waals surface area contributed by atoms with Crippen LogP contribution in [0.25, 0.3) is 0 Å². The number of halogens is 3. The second-order valence-electron chi connectivity index (χ2n) is 11.9. The van der Waals surface area contributed by atoms with Gasteiger partial charge >= 0.3 is 6.18 Å². The van der Waals surface area contributed by atoms with Gasteiger partial charge in [-0.1, -0.05) is 6.08 Å². The number of carbonyl (C=O) groups excluding carboxylic acids is 1. The molecule has 0 spiro atoms. The molecule has 0 aromatic heterocycles. The van der Waals surface area contributed by atoms with Gasteiger partial charge in [-0.05, 0) is 70.7 Å². The maximum Gasteiger partial charge on any atom is 0.394 e. The lowest BCUT2D eigenvalue weighted by molar-refractivity contribution is -0.189. The molecule has 0 radical (unpaired) electrons. The van der Waals surface area contributed by atoms with E-state index in [4.69, 9.17) is 15.6 Å². The van der Waals surface area contributed by atoms with Crippen molar-refractivity contribution in [1.82, 2.24) is 25.2 Å². The Morgan fingerprint density at radius 1 is 1.35 bits per heavy atom. The highest BCUT2D eigenvalue weighted by Gasteiger charge is 2.62. The molecule has 43 heavy (non-hydrogen) atoms. The molecule has 2 aliphatic heterocycles. The zero-order chi connectivity index (χ0) is 31.8. The summed E-state index contributed by atoms with van der Waals surface area (Å²) in [6.45, 7) is 5.96. The van der Waals surface area contributed by atoms with Crippen molar-refractivity contribution in [2.75, 3.05) is 40.3 Å². The quantitative estimate of drug-likeness (QED) is 0.141. The summed E-state index contributed by atoms with van der Waals surface area (Å²) in [5.74, 6) is 0.00516. The lowest BCUT2D eigenvalue weighted by Gasteiger charge is -2.39. The molecule has 0 aromatic carbocycles. The molecule has 2 heterocycles. The first kappa shape index (κ1) is 34.5. The number of allylic oxidation sites excluding steroid dienone is 1. The summed E-state index contributed by atoms with van der Waals surface area (Å²) in [6, 6.07) is 0. The molecule has 14 heteroatoms. The second kappa shape index (κ2) is 14.7. The van der Waals surface area contributed by atoms with E-state index in [1.165, 1.54) is 18.4 Å². The standard InChI is InChI=1S/C29H44F3N7O3S/c1-27(2)19-22-20-39(27)26(38(3)4)23(25(40)37-43(41)24(34)10-16-36-17-18-42-22)8-6-14-35-15-9-21(33)7-5-11-28(12-13-28)29(30,31)32/h6,8-10,15-16,22,33-36H,5,7,11-14,17-20H2,1-4H3,(H,37,40)/b8-6-,15-9-,16-10-,26-23-,33-21?,34-24?. The van der Waals surface area contributed by atoms with Crippen LogP contribution in [-0.2, 0) is 20.9 Å². The van der Waals surface area contributed by atoms with Gasteiger partial charge in [0.05, 0.1) is 23.7 Å². The smallest absolute Gasteiger partial charge is 0.394 e. The predicted octanol–water partition coefficient (Wildman–Crippen LogP) is 3.70. The zero-order valence-electron chi connectivity index (χ0n) is 25.3. The number of hydrogen-bond acceptors (Lipinski definition) is 9. The van der Waals surface area contributed by atoms with Gasteiger partial charge in [0.2, 0.25) is 0 Å². The Balaban J connectivity index is 1.71. The van der Waals surface area contributed by atoms with Crippen molar-refractivity contribution in [3.8, 4) is 0 Å². The Bertz CT molecular complexity index is 1150. The monoisotopic (exact) mass is 627 g/mol. The van der Waals surface area contributed by atoms with Crippen LogP contribution in [0.5, 0.6) is 0 Å². The average molecular weight is 628 g/mol. The minimum Gasteiger partial charge on any atom is -0.587 e. The van der Waals surface area contributed by atoms with Crippen LogP contribution in [0.15, 0.2) is 48.1 Å². The van der Waals surface area contributed by atoms with E-state index in [1.807, 2.05) is 19.0 Å². The molecule has 2 atom stereocenters. The molecule has 1 amide bonds. The third-order valence-electron chi connectivity index (χ3n) is 7.83. The van der Waals surface area contributed by atoms with E-state index in [0.717, 1.165) is 6.42 Å². The Labute approximate surface area is 255 Å². The van der Waals surface area contributed by atoms with Crippen molar-refractivity contribution in [3.63, 3.8) is 0 Å².